The smallest absolute Gasteiger partial charge is 0.407 e. The standard InChI is InChI=1S/C18H25N3O4/c1-18(2,3)25-17(24)20-14-5-4-8-21(10-14)15-7-6-12(16(19)23)9-13(15)11-22/h6-7,9,11,14H,4-5,8,10H2,1-3H3,(H2,19,23)(H,20,24). The molecule has 2 rings (SSSR count). The second kappa shape index (κ2) is 7.55. The largest absolute Gasteiger partial charge is 0.444 e. The first-order chi connectivity index (χ1) is 11.7. The highest BCUT2D eigenvalue weighted by molar-refractivity contribution is 5.96. The summed E-state index contributed by atoms with van der Waals surface area (Å²) in [4.78, 5) is 36.6. The summed E-state index contributed by atoms with van der Waals surface area (Å²) in [6.07, 6.45) is 1.98. The van der Waals surface area contributed by atoms with Crippen LogP contribution in [-0.2, 0) is 4.74 Å². The number of nitrogens with zero attached hydrogens (tertiary/aromatic N) is 1. The zero-order valence-electron chi connectivity index (χ0n) is 14.9. The maximum absolute atomic E-state index is 12.0. The van der Waals surface area contributed by atoms with Crippen molar-refractivity contribution in [1.29, 1.82) is 0 Å². The number of hydrogen-bond acceptors (Lipinski definition) is 5. The number of amides is 2. The Morgan fingerprint density at radius 2 is 2.08 bits per heavy atom. The van der Waals surface area contributed by atoms with Crippen LogP contribution in [0.2, 0.25) is 0 Å². The van der Waals surface area contributed by atoms with Gasteiger partial charge in [0.25, 0.3) is 0 Å². The number of alkyl carbamates (subject to hydrolysis) is 1. The van der Waals surface area contributed by atoms with Gasteiger partial charge in [-0.05, 0) is 51.8 Å². The van der Waals surface area contributed by atoms with Crippen molar-refractivity contribution in [3.05, 3.63) is 29.3 Å². The summed E-state index contributed by atoms with van der Waals surface area (Å²) in [5.74, 6) is -0.572. The van der Waals surface area contributed by atoms with Gasteiger partial charge in [-0.3, -0.25) is 9.59 Å². The summed E-state index contributed by atoms with van der Waals surface area (Å²) < 4.78 is 5.29. The third-order valence-corrected chi connectivity index (χ3v) is 3.92. The highest BCUT2D eigenvalue weighted by Gasteiger charge is 2.25. The van der Waals surface area contributed by atoms with Gasteiger partial charge >= 0.3 is 6.09 Å². The van der Waals surface area contributed by atoms with Crippen LogP contribution in [0, 0.1) is 0 Å². The van der Waals surface area contributed by atoms with Crippen molar-refractivity contribution in [2.75, 3.05) is 18.0 Å². The van der Waals surface area contributed by atoms with Crippen molar-refractivity contribution >= 4 is 24.0 Å². The lowest BCUT2D eigenvalue weighted by Gasteiger charge is -2.35. The number of aldehydes is 1. The zero-order chi connectivity index (χ0) is 18.6. The van der Waals surface area contributed by atoms with E-state index >= 15 is 0 Å². The third kappa shape index (κ3) is 5.20. The van der Waals surface area contributed by atoms with E-state index in [2.05, 4.69) is 5.32 Å². The molecule has 25 heavy (non-hydrogen) atoms. The molecule has 2 amide bonds. The molecular weight excluding hydrogens is 322 g/mol. The van der Waals surface area contributed by atoms with E-state index in [4.69, 9.17) is 10.5 Å². The van der Waals surface area contributed by atoms with Crippen molar-refractivity contribution in [1.82, 2.24) is 5.32 Å². The zero-order valence-corrected chi connectivity index (χ0v) is 14.9. The minimum atomic E-state index is -0.572. The van der Waals surface area contributed by atoms with E-state index in [-0.39, 0.29) is 6.04 Å². The van der Waals surface area contributed by atoms with Gasteiger partial charge < -0.3 is 20.7 Å². The molecular formula is C18H25N3O4. The lowest BCUT2D eigenvalue weighted by Crippen LogP contribution is -2.49. The van der Waals surface area contributed by atoms with E-state index in [1.807, 2.05) is 25.7 Å². The molecule has 0 aromatic heterocycles. The molecule has 3 N–H and O–H groups in total. The van der Waals surface area contributed by atoms with Gasteiger partial charge in [0.05, 0.1) is 0 Å². The Morgan fingerprint density at radius 1 is 1.36 bits per heavy atom. The van der Waals surface area contributed by atoms with Gasteiger partial charge in [-0.25, -0.2) is 4.79 Å². The van der Waals surface area contributed by atoms with E-state index in [9.17, 15) is 14.4 Å². The first-order valence-electron chi connectivity index (χ1n) is 8.33. The normalized spacial score (nSPS) is 17.7. The lowest BCUT2D eigenvalue weighted by molar-refractivity contribution is 0.0499. The molecule has 1 aliphatic heterocycles. The Morgan fingerprint density at radius 3 is 2.68 bits per heavy atom. The minimum absolute atomic E-state index is 0.0704. The molecule has 0 bridgehead atoms. The van der Waals surface area contributed by atoms with Gasteiger partial charge in [0.15, 0.2) is 6.29 Å². The van der Waals surface area contributed by atoms with Crippen LogP contribution < -0.4 is 16.0 Å². The molecule has 136 valence electrons. The first-order valence-corrected chi connectivity index (χ1v) is 8.33. The number of ether oxygens (including phenoxy) is 1. The molecule has 1 aliphatic rings. The molecule has 0 radical (unpaired) electrons. The number of hydrogen-bond donors (Lipinski definition) is 2. The topological polar surface area (TPSA) is 102 Å². The van der Waals surface area contributed by atoms with Crippen LogP contribution in [0.1, 0.15) is 54.3 Å². The van der Waals surface area contributed by atoms with Crippen molar-refractivity contribution in [2.24, 2.45) is 5.73 Å². The van der Waals surface area contributed by atoms with Crippen LogP contribution >= 0.6 is 0 Å². The number of carbonyl (C=O) groups is 3. The second-order valence-electron chi connectivity index (χ2n) is 7.19. The van der Waals surface area contributed by atoms with Crippen molar-refractivity contribution in [3.63, 3.8) is 0 Å². The van der Waals surface area contributed by atoms with Gasteiger partial charge in [-0.15, -0.1) is 0 Å². The fraction of sp³-hybridized carbons (Fsp3) is 0.500. The highest BCUT2D eigenvalue weighted by atomic mass is 16.6. The number of carbonyl (C=O) groups excluding carboxylic acids is 3. The Balaban J connectivity index is 2.09. The Bertz CT molecular complexity index is 667. The minimum Gasteiger partial charge on any atom is -0.444 e. The monoisotopic (exact) mass is 347 g/mol. The van der Waals surface area contributed by atoms with E-state index < -0.39 is 17.6 Å². The summed E-state index contributed by atoms with van der Waals surface area (Å²) in [5.41, 5.74) is 6.16. The molecule has 0 aliphatic carbocycles. The maximum Gasteiger partial charge on any atom is 0.407 e. The summed E-state index contributed by atoms with van der Waals surface area (Å²) >= 11 is 0. The number of piperidine rings is 1. The molecule has 1 aromatic rings. The molecule has 0 saturated carbocycles. The van der Waals surface area contributed by atoms with Gasteiger partial charge in [0.1, 0.15) is 5.60 Å². The Labute approximate surface area is 147 Å². The SMILES string of the molecule is CC(C)(C)OC(=O)NC1CCCN(c2ccc(C(N)=O)cc2C=O)C1. The molecule has 1 heterocycles. The van der Waals surface area contributed by atoms with Gasteiger partial charge in [-0.1, -0.05) is 0 Å². The third-order valence-electron chi connectivity index (χ3n) is 3.92. The van der Waals surface area contributed by atoms with E-state index in [1.54, 1.807) is 12.1 Å². The van der Waals surface area contributed by atoms with Gasteiger partial charge in [0, 0.05) is 35.9 Å². The van der Waals surface area contributed by atoms with Crippen LogP contribution in [-0.4, -0.2) is 43.0 Å². The predicted octanol–water partition coefficient (Wildman–Crippen LogP) is 2.09. The van der Waals surface area contributed by atoms with Gasteiger partial charge in [-0.2, -0.15) is 0 Å². The highest BCUT2D eigenvalue weighted by Crippen LogP contribution is 2.24. The fourth-order valence-corrected chi connectivity index (χ4v) is 2.88. The average Bonchev–Trinajstić information content (AvgIpc) is 2.52. The quantitative estimate of drug-likeness (QED) is 0.812. The number of benzene rings is 1. The number of nitrogens with one attached hydrogen (secondary N) is 1. The van der Waals surface area contributed by atoms with Crippen molar-refractivity contribution in [3.8, 4) is 0 Å². The van der Waals surface area contributed by atoms with Gasteiger partial charge in [0.2, 0.25) is 5.91 Å². The van der Waals surface area contributed by atoms with Crippen molar-refractivity contribution < 1.29 is 19.1 Å². The number of nitrogens with two attached hydrogens (primary N) is 1. The molecule has 1 atom stereocenters. The second-order valence-corrected chi connectivity index (χ2v) is 7.19. The number of rotatable bonds is 4. The van der Waals surface area contributed by atoms with Crippen LogP contribution in [0.3, 0.4) is 0 Å². The van der Waals surface area contributed by atoms with Crippen LogP contribution in [0.25, 0.3) is 0 Å². The van der Waals surface area contributed by atoms with Crippen LogP contribution in [0.15, 0.2) is 18.2 Å². The molecule has 7 heteroatoms. The fourth-order valence-electron chi connectivity index (χ4n) is 2.88. The van der Waals surface area contributed by atoms with E-state index in [0.29, 0.717) is 24.0 Å². The summed E-state index contributed by atoms with van der Waals surface area (Å²) in [6, 6.07) is 4.75. The Kier molecular flexibility index (Phi) is 5.66. The molecule has 1 saturated heterocycles. The first kappa shape index (κ1) is 18.8. The average molecular weight is 347 g/mol. The maximum atomic E-state index is 12.0. The van der Waals surface area contributed by atoms with Crippen molar-refractivity contribution in [2.45, 2.75) is 45.3 Å². The summed E-state index contributed by atoms with van der Waals surface area (Å²) in [6.45, 7) is 6.78. The lowest BCUT2D eigenvalue weighted by atomic mass is 10.0. The van der Waals surface area contributed by atoms with Crippen LogP contribution in [0.5, 0.6) is 0 Å². The summed E-state index contributed by atoms with van der Waals surface area (Å²) in [5, 5.41) is 2.88. The number of anilines is 1. The molecule has 1 unspecified atom stereocenters. The number of primary amides is 1. The predicted molar refractivity (Wildman–Crippen MR) is 95.0 cm³/mol. The summed E-state index contributed by atoms with van der Waals surface area (Å²) in [7, 11) is 0. The Hall–Kier alpha value is -2.57. The molecule has 1 aromatic carbocycles. The molecule has 1 fully saturated rings. The molecule has 0 spiro atoms. The van der Waals surface area contributed by atoms with Crippen LogP contribution in [0.4, 0.5) is 10.5 Å². The van der Waals surface area contributed by atoms with E-state index in [0.717, 1.165) is 25.1 Å². The molecule has 7 nitrogen and oxygen atoms in total. The van der Waals surface area contributed by atoms with E-state index in [1.165, 1.54) is 6.07 Å².